The Balaban J connectivity index is 1.58. The van der Waals surface area contributed by atoms with Gasteiger partial charge in [0.25, 0.3) is 0 Å². The Kier molecular flexibility index (Phi) is 6.12. The molecule has 0 bridgehead atoms. The molecule has 5 rings (SSSR count). The molecule has 1 aromatic heterocycles. The lowest BCUT2D eigenvalue weighted by Gasteiger charge is -2.30. The first kappa shape index (κ1) is 22.6. The molecule has 0 amide bonds. The molecule has 0 N–H and O–H groups in total. The summed E-state index contributed by atoms with van der Waals surface area (Å²) in [6.07, 6.45) is 2.06. The number of fused-ring (bicyclic) bond motifs is 1. The van der Waals surface area contributed by atoms with Crippen LogP contribution in [-0.2, 0) is 9.84 Å². The van der Waals surface area contributed by atoms with E-state index in [0.29, 0.717) is 55.9 Å². The van der Waals surface area contributed by atoms with Crippen LogP contribution in [0.25, 0.3) is 11.5 Å². The van der Waals surface area contributed by atoms with Crippen molar-refractivity contribution in [1.29, 1.82) is 0 Å². The summed E-state index contributed by atoms with van der Waals surface area (Å²) < 4.78 is 50.4. The van der Waals surface area contributed by atoms with E-state index in [-0.39, 0.29) is 21.7 Å². The molecule has 0 radical (unpaired) electrons. The number of rotatable bonds is 6. The van der Waals surface area contributed by atoms with Crippen molar-refractivity contribution in [2.45, 2.75) is 36.6 Å². The van der Waals surface area contributed by atoms with Gasteiger partial charge in [0.15, 0.2) is 11.5 Å². The summed E-state index contributed by atoms with van der Waals surface area (Å²) in [5.41, 5.74) is 0.679. The van der Waals surface area contributed by atoms with E-state index < -0.39 is 9.84 Å². The summed E-state index contributed by atoms with van der Waals surface area (Å²) in [5.74, 6) is 2.64. The van der Waals surface area contributed by atoms with Gasteiger partial charge < -0.3 is 23.5 Å². The molecule has 34 heavy (non-hydrogen) atoms. The molecular weight excluding hydrogens is 456 g/mol. The second-order valence-electron chi connectivity index (χ2n) is 8.59. The van der Waals surface area contributed by atoms with Crippen LogP contribution in [0.3, 0.4) is 0 Å². The zero-order valence-electron chi connectivity index (χ0n) is 19.3. The van der Waals surface area contributed by atoms with Gasteiger partial charge in [0.1, 0.15) is 19.0 Å². The van der Waals surface area contributed by atoms with Gasteiger partial charge in [-0.25, -0.2) is 8.42 Å². The first-order valence-corrected chi connectivity index (χ1v) is 13.1. The van der Waals surface area contributed by atoms with E-state index in [1.807, 2.05) is 36.1 Å². The highest BCUT2D eigenvalue weighted by Gasteiger charge is 2.33. The number of nitrogens with zero attached hydrogens (tertiary/aromatic N) is 2. The third kappa shape index (κ3) is 4.32. The lowest BCUT2D eigenvalue weighted by atomic mass is 10.0. The van der Waals surface area contributed by atoms with E-state index in [1.54, 1.807) is 6.07 Å². The number of hydrogen-bond acceptors (Lipinski definition) is 8. The number of ether oxygens (including phenoxy) is 3. The molecule has 1 fully saturated rings. The highest BCUT2D eigenvalue weighted by atomic mass is 32.2. The van der Waals surface area contributed by atoms with Crippen molar-refractivity contribution >= 4 is 15.7 Å². The van der Waals surface area contributed by atoms with Crippen LogP contribution in [0.4, 0.5) is 5.88 Å². The summed E-state index contributed by atoms with van der Waals surface area (Å²) in [6, 6.07) is 11.9. The van der Waals surface area contributed by atoms with Crippen LogP contribution in [0.1, 0.15) is 26.7 Å². The van der Waals surface area contributed by atoms with Crippen molar-refractivity contribution in [1.82, 2.24) is 4.98 Å². The highest BCUT2D eigenvalue weighted by Crippen LogP contribution is 2.39. The van der Waals surface area contributed by atoms with Crippen molar-refractivity contribution in [2.75, 3.05) is 37.8 Å². The zero-order chi connectivity index (χ0) is 23.7. The molecule has 1 unspecified atom stereocenters. The maximum atomic E-state index is 13.8. The molecule has 2 aliphatic heterocycles. The number of piperidine rings is 1. The molecule has 3 heterocycles. The number of oxazole rings is 1. The lowest BCUT2D eigenvalue weighted by molar-refractivity contribution is 0.171. The van der Waals surface area contributed by atoms with E-state index in [4.69, 9.17) is 18.6 Å². The number of anilines is 1. The average molecular weight is 485 g/mol. The van der Waals surface area contributed by atoms with Crippen LogP contribution in [-0.4, -0.2) is 46.3 Å². The first-order valence-electron chi connectivity index (χ1n) is 11.6. The fourth-order valence-corrected chi connectivity index (χ4v) is 5.67. The second kappa shape index (κ2) is 9.21. The molecular formula is C25H28N2O6S. The fourth-order valence-electron chi connectivity index (χ4n) is 4.33. The summed E-state index contributed by atoms with van der Waals surface area (Å²) in [4.78, 5) is 6.59. The quantitative estimate of drug-likeness (QED) is 0.502. The van der Waals surface area contributed by atoms with E-state index in [0.717, 1.165) is 18.6 Å². The summed E-state index contributed by atoms with van der Waals surface area (Å²) in [6.45, 7) is 6.87. The Morgan fingerprint density at radius 2 is 1.85 bits per heavy atom. The van der Waals surface area contributed by atoms with E-state index >= 15 is 0 Å². The predicted molar refractivity (Wildman–Crippen MR) is 127 cm³/mol. The highest BCUT2D eigenvalue weighted by molar-refractivity contribution is 7.91. The number of hydrogen-bond donors (Lipinski definition) is 0. The maximum absolute atomic E-state index is 13.8. The minimum Gasteiger partial charge on any atom is -0.494 e. The Bertz CT molecular complexity index is 1270. The fraction of sp³-hybridized carbons (Fsp3) is 0.400. The first-order chi connectivity index (χ1) is 16.5. The lowest BCUT2D eigenvalue weighted by Crippen LogP contribution is -2.34. The van der Waals surface area contributed by atoms with Gasteiger partial charge in [0.05, 0.1) is 11.5 Å². The molecule has 9 heteroatoms. The van der Waals surface area contributed by atoms with Gasteiger partial charge in [-0.3, -0.25) is 0 Å². The average Bonchev–Trinajstić information content (AvgIpc) is 3.31. The molecule has 1 atom stereocenters. The monoisotopic (exact) mass is 484 g/mol. The summed E-state index contributed by atoms with van der Waals surface area (Å²) in [7, 11) is -3.98. The molecule has 3 aromatic rings. The van der Waals surface area contributed by atoms with Crippen molar-refractivity contribution < 1.29 is 27.0 Å². The number of benzene rings is 2. The predicted octanol–water partition coefficient (Wildman–Crippen LogP) is 4.58. The van der Waals surface area contributed by atoms with E-state index in [1.165, 1.54) is 12.1 Å². The van der Waals surface area contributed by atoms with Crippen molar-refractivity contribution in [3.05, 3.63) is 42.5 Å². The van der Waals surface area contributed by atoms with Gasteiger partial charge in [0, 0.05) is 24.7 Å². The van der Waals surface area contributed by atoms with E-state index in [2.05, 4.69) is 11.9 Å². The molecule has 2 aromatic carbocycles. The Morgan fingerprint density at radius 3 is 2.59 bits per heavy atom. The Morgan fingerprint density at radius 1 is 1.09 bits per heavy atom. The van der Waals surface area contributed by atoms with Gasteiger partial charge in [-0.05, 0) is 62.1 Å². The molecule has 180 valence electrons. The molecule has 0 aliphatic carbocycles. The summed E-state index contributed by atoms with van der Waals surface area (Å²) >= 11 is 0. The van der Waals surface area contributed by atoms with Gasteiger partial charge in [0.2, 0.25) is 26.6 Å². The second-order valence-corrected chi connectivity index (χ2v) is 10.5. The molecule has 0 saturated carbocycles. The van der Waals surface area contributed by atoms with Crippen LogP contribution < -0.4 is 19.1 Å². The van der Waals surface area contributed by atoms with Crippen LogP contribution >= 0.6 is 0 Å². The van der Waals surface area contributed by atoms with Crippen LogP contribution in [0.15, 0.2) is 56.8 Å². The maximum Gasteiger partial charge on any atom is 0.236 e. The summed E-state index contributed by atoms with van der Waals surface area (Å²) in [5, 5.41) is -0.0813. The van der Waals surface area contributed by atoms with Crippen molar-refractivity contribution in [3.63, 3.8) is 0 Å². The third-order valence-corrected chi connectivity index (χ3v) is 7.66. The largest absolute Gasteiger partial charge is 0.494 e. The molecule has 2 aliphatic rings. The Hall–Kier alpha value is -3.20. The zero-order valence-corrected chi connectivity index (χ0v) is 20.1. The molecule has 1 saturated heterocycles. The minimum atomic E-state index is -3.98. The smallest absolute Gasteiger partial charge is 0.236 e. The normalized spacial score (nSPS) is 18.1. The van der Waals surface area contributed by atoms with Crippen LogP contribution in [0.2, 0.25) is 0 Å². The molecule has 8 nitrogen and oxygen atoms in total. The van der Waals surface area contributed by atoms with Gasteiger partial charge >= 0.3 is 0 Å². The van der Waals surface area contributed by atoms with Crippen molar-refractivity contribution in [3.8, 4) is 28.7 Å². The van der Waals surface area contributed by atoms with Gasteiger partial charge in [-0.1, -0.05) is 6.92 Å². The van der Waals surface area contributed by atoms with E-state index in [9.17, 15) is 8.42 Å². The van der Waals surface area contributed by atoms with Gasteiger partial charge in [-0.2, -0.15) is 4.98 Å². The SMILES string of the molecule is CCOc1ccc(-c2nc(S(=O)(=O)c3ccc4c(c3)OCCO4)c(N3CCCC(C)C3)o2)cc1. The van der Waals surface area contributed by atoms with Crippen LogP contribution in [0.5, 0.6) is 17.2 Å². The topological polar surface area (TPSA) is 91.1 Å². The Labute approximate surface area is 199 Å². The number of aromatic nitrogens is 1. The molecule has 0 spiro atoms. The minimum absolute atomic E-state index is 0.0813. The van der Waals surface area contributed by atoms with Gasteiger partial charge in [-0.15, -0.1) is 0 Å². The van der Waals surface area contributed by atoms with Crippen LogP contribution in [0, 0.1) is 5.92 Å². The third-order valence-electron chi connectivity index (χ3n) is 6.01. The van der Waals surface area contributed by atoms with Crippen molar-refractivity contribution in [2.24, 2.45) is 5.92 Å². The number of sulfone groups is 1. The standard InChI is InChI=1S/C25H28N2O6S/c1-3-30-19-8-6-18(7-9-19)23-26-24(25(33-23)27-12-4-5-17(2)16-27)34(28,29)20-10-11-21-22(15-20)32-14-13-31-21/h6-11,15,17H,3-5,12-14,16H2,1-2H3.